The van der Waals surface area contributed by atoms with Crippen LogP contribution in [0, 0.1) is 11.8 Å². The zero-order chi connectivity index (χ0) is 30.4. The van der Waals surface area contributed by atoms with E-state index in [1.165, 1.54) is 38.5 Å². The number of benzene rings is 2. The summed E-state index contributed by atoms with van der Waals surface area (Å²) in [6, 6.07) is 10.8. The lowest BCUT2D eigenvalue weighted by Crippen LogP contribution is -2.30. The number of carbonyl (C=O) groups is 2. The molecule has 0 aliphatic carbocycles. The fraction of sp³-hybridized carbons (Fsp3) is 0.647. The highest BCUT2D eigenvalue weighted by Gasteiger charge is 2.11. The summed E-state index contributed by atoms with van der Waals surface area (Å²) in [5.74, 6) is 1.24. The van der Waals surface area contributed by atoms with Crippen LogP contribution in [0.2, 0.25) is 0 Å². The second-order valence-electron chi connectivity index (χ2n) is 11.2. The van der Waals surface area contributed by atoms with Crippen LogP contribution >= 0.6 is 0 Å². The Morgan fingerprint density at radius 2 is 1.07 bits per heavy atom. The second kappa shape index (κ2) is 21.8. The first-order valence-electron chi connectivity index (χ1n) is 16.3. The van der Waals surface area contributed by atoms with E-state index in [4.69, 9.17) is 9.47 Å². The number of unbranched alkanes of at least 4 members (excludes halogenated alkanes) is 2. The Labute approximate surface area is 254 Å². The van der Waals surface area contributed by atoms with Crippen LogP contribution in [-0.4, -0.2) is 51.6 Å². The van der Waals surface area contributed by atoms with Gasteiger partial charge in [-0.1, -0.05) is 90.5 Å². The summed E-state index contributed by atoms with van der Waals surface area (Å²) in [5.41, 5.74) is 1.38. The molecule has 8 nitrogen and oxygen atoms in total. The van der Waals surface area contributed by atoms with E-state index in [1.807, 2.05) is 36.4 Å². The van der Waals surface area contributed by atoms with Gasteiger partial charge < -0.3 is 30.7 Å². The Balaban J connectivity index is 1.74. The molecular weight excluding hydrogens is 528 g/mol. The van der Waals surface area contributed by atoms with Crippen molar-refractivity contribution >= 4 is 34.2 Å². The van der Waals surface area contributed by atoms with Gasteiger partial charge in [0.15, 0.2) is 0 Å². The molecule has 4 N–H and O–H groups in total. The highest BCUT2D eigenvalue weighted by molar-refractivity contribution is 6.08. The van der Waals surface area contributed by atoms with Gasteiger partial charge in [-0.15, -0.1) is 0 Å². The first kappa shape index (κ1) is 35.4. The number of rotatable bonds is 22. The van der Waals surface area contributed by atoms with Crippen LogP contribution in [0.4, 0.5) is 21.0 Å². The lowest BCUT2D eigenvalue weighted by molar-refractivity contribution is 0.0924. The van der Waals surface area contributed by atoms with Gasteiger partial charge in [0.05, 0.1) is 11.4 Å². The minimum Gasteiger partial charge on any atom is -0.381 e. The minimum absolute atomic E-state index is 0.258. The largest absolute Gasteiger partial charge is 0.381 e. The predicted molar refractivity (Wildman–Crippen MR) is 175 cm³/mol. The van der Waals surface area contributed by atoms with Crippen LogP contribution in [0.25, 0.3) is 10.8 Å². The van der Waals surface area contributed by atoms with E-state index in [0.717, 1.165) is 49.7 Å². The van der Waals surface area contributed by atoms with E-state index in [-0.39, 0.29) is 12.1 Å². The molecule has 0 saturated carbocycles. The second-order valence-corrected chi connectivity index (χ2v) is 11.2. The minimum atomic E-state index is -0.258. The molecule has 2 rings (SSSR count). The van der Waals surface area contributed by atoms with E-state index in [2.05, 4.69) is 49.0 Å². The van der Waals surface area contributed by atoms with E-state index in [0.29, 0.717) is 49.5 Å². The van der Waals surface area contributed by atoms with Crippen LogP contribution < -0.4 is 21.3 Å². The highest BCUT2D eigenvalue weighted by Crippen LogP contribution is 2.29. The maximum Gasteiger partial charge on any atom is 0.319 e. The van der Waals surface area contributed by atoms with Crippen molar-refractivity contribution in [3.05, 3.63) is 36.4 Å². The quantitative estimate of drug-likeness (QED) is 0.105. The highest BCUT2D eigenvalue weighted by atomic mass is 16.5. The molecule has 8 heteroatoms. The summed E-state index contributed by atoms with van der Waals surface area (Å²) in [4.78, 5) is 25.1. The summed E-state index contributed by atoms with van der Waals surface area (Å²) >= 11 is 0. The van der Waals surface area contributed by atoms with Gasteiger partial charge in [0, 0.05) is 50.3 Å². The topological polar surface area (TPSA) is 101 Å². The molecule has 4 amide bonds. The molecule has 2 unspecified atom stereocenters. The normalized spacial score (nSPS) is 12.6. The van der Waals surface area contributed by atoms with Gasteiger partial charge in [-0.05, 0) is 49.7 Å². The zero-order valence-corrected chi connectivity index (χ0v) is 26.6. The van der Waals surface area contributed by atoms with E-state index in [9.17, 15) is 9.59 Å². The van der Waals surface area contributed by atoms with Crippen molar-refractivity contribution in [3.8, 4) is 0 Å². The lowest BCUT2D eigenvalue weighted by Gasteiger charge is -2.15. The summed E-state index contributed by atoms with van der Waals surface area (Å²) < 4.78 is 11.7. The number of nitrogens with one attached hydrogen (secondary N) is 4. The molecule has 0 spiro atoms. The average molecular weight is 585 g/mol. The monoisotopic (exact) mass is 584 g/mol. The van der Waals surface area contributed by atoms with Crippen molar-refractivity contribution < 1.29 is 19.1 Å². The van der Waals surface area contributed by atoms with Crippen LogP contribution in [0.3, 0.4) is 0 Å². The first-order valence-corrected chi connectivity index (χ1v) is 16.3. The molecule has 0 fully saturated rings. The summed E-state index contributed by atoms with van der Waals surface area (Å²) in [7, 11) is 0. The van der Waals surface area contributed by atoms with Crippen molar-refractivity contribution in [2.45, 2.75) is 91.9 Å². The number of anilines is 2. The molecule has 0 saturated heterocycles. The standard InChI is InChI=1S/C34H56N4O4/c1-5-9-15-27(7-3)25-41-23-13-21-35-33(39)37-31-19-11-18-30-29(31)17-12-20-32(30)38-34(40)36-22-14-24-42-26-28(8-4)16-10-6-2/h11-12,17-20,27-28H,5-10,13-16,21-26H2,1-4H3,(H2,35,37,39)(H2,36,38,40). The Hall–Kier alpha value is -2.84. The average Bonchev–Trinajstić information content (AvgIpc) is 3.00. The van der Waals surface area contributed by atoms with Crippen LogP contribution in [0.5, 0.6) is 0 Å². The molecule has 0 heterocycles. The van der Waals surface area contributed by atoms with Gasteiger partial charge in [0.1, 0.15) is 0 Å². The van der Waals surface area contributed by atoms with Crippen molar-refractivity contribution in [3.63, 3.8) is 0 Å². The van der Waals surface area contributed by atoms with Gasteiger partial charge >= 0.3 is 12.1 Å². The van der Waals surface area contributed by atoms with E-state index < -0.39 is 0 Å². The number of hydrogen-bond donors (Lipinski definition) is 4. The SMILES string of the molecule is CCCCC(CC)COCCCNC(=O)Nc1cccc2c(NC(=O)NCCCOCC(CC)CCCC)cccc12. The van der Waals surface area contributed by atoms with Crippen LogP contribution in [0.1, 0.15) is 91.9 Å². The molecule has 0 aliphatic heterocycles. The van der Waals surface area contributed by atoms with Gasteiger partial charge in [-0.3, -0.25) is 0 Å². The van der Waals surface area contributed by atoms with Crippen molar-refractivity contribution in [2.75, 3.05) is 50.2 Å². The summed E-state index contributed by atoms with van der Waals surface area (Å²) in [6.45, 7) is 12.8. The van der Waals surface area contributed by atoms with E-state index >= 15 is 0 Å². The third kappa shape index (κ3) is 13.9. The molecule has 0 aromatic heterocycles. The van der Waals surface area contributed by atoms with Gasteiger partial charge in [0.2, 0.25) is 0 Å². The molecule has 0 radical (unpaired) electrons. The number of amides is 4. The molecule has 42 heavy (non-hydrogen) atoms. The number of fused-ring (bicyclic) bond motifs is 1. The fourth-order valence-corrected chi connectivity index (χ4v) is 4.91. The molecule has 2 aromatic carbocycles. The Morgan fingerprint density at radius 3 is 1.45 bits per heavy atom. The molecule has 2 aromatic rings. The number of carbonyl (C=O) groups excluding carboxylic acids is 2. The summed E-state index contributed by atoms with van der Waals surface area (Å²) in [5, 5.41) is 13.4. The summed E-state index contributed by atoms with van der Waals surface area (Å²) in [6.07, 6.45) is 11.2. The number of hydrogen-bond acceptors (Lipinski definition) is 4. The molecular formula is C34H56N4O4. The molecule has 0 bridgehead atoms. The smallest absolute Gasteiger partial charge is 0.319 e. The van der Waals surface area contributed by atoms with Crippen LogP contribution in [-0.2, 0) is 9.47 Å². The van der Waals surface area contributed by atoms with Crippen LogP contribution in [0.15, 0.2) is 36.4 Å². The Morgan fingerprint density at radius 1 is 0.643 bits per heavy atom. The Kier molecular flexibility index (Phi) is 18.4. The van der Waals surface area contributed by atoms with E-state index in [1.54, 1.807) is 0 Å². The zero-order valence-electron chi connectivity index (χ0n) is 26.6. The van der Waals surface area contributed by atoms with Crippen molar-refractivity contribution in [1.29, 1.82) is 0 Å². The van der Waals surface area contributed by atoms with Gasteiger partial charge in [-0.2, -0.15) is 0 Å². The Bertz CT molecular complexity index is 951. The van der Waals surface area contributed by atoms with Gasteiger partial charge in [0.25, 0.3) is 0 Å². The molecule has 2 atom stereocenters. The lowest BCUT2D eigenvalue weighted by atomic mass is 10.0. The number of urea groups is 2. The first-order chi connectivity index (χ1) is 20.5. The fourth-order valence-electron chi connectivity index (χ4n) is 4.91. The third-order valence-electron chi connectivity index (χ3n) is 7.71. The third-order valence-corrected chi connectivity index (χ3v) is 7.71. The number of ether oxygens (including phenoxy) is 2. The maximum absolute atomic E-state index is 12.6. The van der Waals surface area contributed by atoms with Crippen molar-refractivity contribution in [2.24, 2.45) is 11.8 Å². The maximum atomic E-state index is 12.6. The molecule has 0 aliphatic rings. The van der Waals surface area contributed by atoms with Gasteiger partial charge in [-0.25, -0.2) is 9.59 Å². The molecule has 236 valence electrons. The predicted octanol–water partition coefficient (Wildman–Crippen LogP) is 8.33. The van der Waals surface area contributed by atoms with Crippen molar-refractivity contribution in [1.82, 2.24) is 10.6 Å².